The molecule has 15 heavy (non-hydrogen) atoms. The summed E-state index contributed by atoms with van der Waals surface area (Å²) in [5.74, 6) is 0.553. The Bertz CT molecular complexity index is 368. The van der Waals surface area contributed by atoms with Crippen LogP contribution < -0.4 is 0 Å². The topological polar surface area (TPSA) is 0 Å². The summed E-state index contributed by atoms with van der Waals surface area (Å²) in [4.78, 5) is 0. The summed E-state index contributed by atoms with van der Waals surface area (Å²) in [5, 5.41) is 0. The maximum absolute atomic E-state index is 13.7. The minimum atomic E-state index is -0.0147. The monoisotopic (exact) mass is 206 g/mol. The van der Waals surface area contributed by atoms with Crippen molar-refractivity contribution in [3.63, 3.8) is 0 Å². The van der Waals surface area contributed by atoms with Gasteiger partial charge in [0.1, 0.15) is 5.82 Å². The van der Waals surface area contributed by atoms with E-state index < -0.39 is 0 Å². The second-order valence-electron chi connectivity index (χ2n) is 5.19. The van der Waals surface area contributed by atoms with E-state index >= 15 is 0 Å². The van der Waals surface area contributed by atoms with Crippen LogP contribution in [0.4, 0.5) is 4.39 Å². The molecule has 82 valence electrons. The van der Waals surface area contributed by atoms with Gasteiger partial charge in [-0.1, -0.05) is 32.9 Å². The fourth-order valence-electron chi connectivity index (χ4n) is 2.71. The molecule has 0 heterocycles. The van der Waals surface area contributed by atoms with Crippen LogP contribution >= 0.6 is 0 Å². The molecule has 0 radical (unpaired) electrons. The SMILES string of the molecule is CC(C)C1(C)CCCc2c(F)cccc21. The van der Waals surface area contributed by atoms with Gasteiger partial charge in [0.15, 0.2) is 0 Å². The molecule has 0 N–H and O–H groups in total. The molecule has 1 aromatic rings. The molecule has 1 aromatic carbocycles. The van der Waals surface area contributed by atoms with E-state index in [0.29, 0.717) is 5.92 Å². The van der Waals surface area contributed by atoms with Gasteiger partial charge in [0.25, 0.3) is 0 Å². The number of rotatable bonds is 1. The average Bonchev–Trinajstić information content (AvgIpc) is 2.20. The van der Waals surface area contributed by atoms with Crippen LogP contribution in [0.25, 0.3) is 0 Å². The van der Waals surface area contributed by atoms with Crippen molar-refractivity contribution in [3.8, 4) is 0 Å². The van der Waals surface area contributed by atoms with Gasteiger partial charge in [-0.05, 0) is 47.8 Å². The number of halogens is 1. The summed E-state index contributed by atoms with van der Waals surface area (Å²) in [5.41, 5.74) is 2.36. The molecule has 1 aliphatic carbocycles. The summed E-state index contributed by atoms with van der Waals surface area (Å²) in [6.45, 7) is 6.75. The van der Waals surface area contributed by atoms with Crippen molar-refractivity contribution < 1.29 is 4.39 Å². The van der Waals surface area contributed by atoms with E-state index in [1.165, 1.54) is 12.0 Å². The Labute approximate surface area is 91.5 Å². The summed E-state index contributed by atoms with van der Waals surface area (Å²) in [6.07, 6.45) is 3.20. The quantitative estimate of drug-likeness (QED) is 0.649. The Balaban J connectivity index is 2.56. The first-order valence-electron chi connectivity index (χ1n) is 5.83. The van der Waals surface area contributed by atoms with Crippen LogP contribution in [0.3, 0.4) is 0 Å². The van der Waals surface area contributed by atoms with Gasteiger partial charge < -0.3 is 0 Å². The first-order chi connectivity index (χ1) is 7.05. The summed E-state index contributed by atoms with van der Waals surface area (Å²) in [7, 11) is 0. The molecule has 0 nitrogen and oxygen atoms in total. The lowest BCUT2D eigenvalue weighted by atomic mass is 9.65. The Morgan fingerprint density at radius 3 is 2.73 bits per heavy atom. The van der Waals surface area contributed by atoms with Crippen LogP contribution in [0.5, 0.6) is 0 Å². The zero-order valence-electron chi connectivity index (χ0n) is 9.81. The molecule has 0 aliphatic heterocycles. The normalized spacial score (nSPS) is 25.4. The highest BCUT2D eigenvalue weighted by atomic mass is 19.1. The molecular weight excluding hydrogens is 187 g/mol. The van der Waals surface area contributed by atoms with E-state index in [1.807, 2.05) is 6.07 Å². The number of hydrogen-bond acceptors (Lipinski definition) is 0. The lowest BCUT2D eigenvalue weighted by Crippen LogP contribution is -2.33. The summed E-state index contributed by atoms with van der Waals surface area (Å²) < 4.78 is 13.7. The second-order valence-corrected chi connectivity index (χ2v) is 5.19. The molecule has 1 aliphatic rings. The van der Waals surface area contributed by atoms with E-state index in [-0.39, 0.29) is 11.2 Å². The van der Waals surface area contributed by atoms with Gasteiger partial charge in [0.05, 0.1) is 0 Å². The maximum atomic E-state index is 13.7. The van der Waals surface area contributed by atoms with Gasteiger partial charge >= 0.3 is 0 Å². The fourth-order valence-corrected chi connectivity index (χ4v) is 2.71. The molecule has 0 saturated carbocycles. The highest BCUT2D eigenvalue weighted by molar-refractivity contribution is 5.37. The third-order valence-corrected chi connectivity index (χ3v) is 4.13. The number of fused-ring (bicyclic) bond motifs is 1. The largest absolute Gasteiger partial charge is 0.207 e. The van der Waals surface area contributed by atoms with E-state index in [4.69, 9.17) is 0 Å². The zero-order chi connectivity index (χ0) is 11.1. The van der Waals surface area contributed by atoms with Crippen molar-refractivity contribution in [1.82, 2.24) is 0 Å². The first-order valence-corrected chi connectivity index (χ1v) is 5.83. The highest BCUT2D eigenvalue weighted by Crippen LogP contribution is 2.42. The molecule has 1 unspecified atom stereocenters. The van der Waals surface area contributed by atoms with Crippen molar-refractivity contribution in [1.29, 1.82) is 0 Å². The van der Waals surface area contributed by atoms with Crippen LogP contribution in [-0.2, 0) is 11.8 Å². The van der Waals surface area contributed by atoms with Crippen LogP contribution in [0.1, 0.15) is 44.7 Å². The molecule has 0 saturated heterocycles. The Kier molecular flexibility index (Phi) is 2.57. The molecule has 0 bridgehead atoms. The predicted octanol–water partition coefficient (Wildman–Crippen LogP) is 4.08. The first kappa shape index (κ1) is 10.7. The van der Waals surface area contributed by atoms with Gasteiger partial charge in [0.2, 0.25) is 0 Å². The zero-order valence-corrected chi connectivity index (χ0v) is 9.81. The van der Waals surface area contributed by atoms with E-state index in [1.54, 1.807) is 6.07 Å². The fraction of sp³-hybridized carbons (Fsp3) is 0.571. The van der Waals surface area contributed by atoms with Crippen molar-refractivity contribution >= 4 is 0 Å². The van der Waals surface area contributed by atoms with E-state index in [9.17, 15) is 4.39 Å². The predicted molar refractivity (Wildman–Crippen MR) is 61.5 cm³/mol. The van der Waals surface area contributed by atoms with Gasteiger partial charge in [-0.25, -0.2) is 4.39 Å². The minimum Gasteiger partial charge on any atom is -0.207 e. The van der Waals surface area contributed by atoms with Crippen LogP contribution in [0, 0.1) is 11.7 Å². The Morgan fingerprint density at radius 1 is 1.33 bits per heavy atom. The Morgan fingerprint density at radius 2 is 2.07 bits per heavy atom. The minimum absolute atomic E-state index is 0.0147. The molecule has 2 rings (SSSR count). The van der Waals surface area contributed by atoms with E-state index in [0.717, 1.165) is 18.4 Å². The smallest absolute Gasteiger partial charge is 0.126 e. The van der Waals surface area contributed by atoms with Crippen LogP contribution in [0.15, 0.2) is 18.2 Å². The molecule has 1 atom stereocenters. The third kappa shape index (κ3) is 1.58. The van der Waals surface area contributed by atoms with Gasteiger partial charge in [0, 0.05) is 0 Å². The van der Waals surface area contributed by atoms with Crippen LogP contribution in [0.2, 0.25) is 0 Å². The van der Waals surface area contributed by atoms with Crippen LogP contribution in [-0.4, -0.2) is 0 Å². The van der Waals surface area contributed by atoms with Gasteiger partial charge in [-0.2, -0.15) is 0 Å². The molecular formula is C14H19F. The van der Waals surface area contributed by atoms with Crippen molar-refractivity contribution in [2.75, 3.05) is 0 Å². The van der Waals surface area contributed by atoms with Crippen molar-refractivity contribution in [3.05, 3.63) is 35.1 Å². The average molecular weight is 206 g/mol. The van der Waals surface area contributed by atoms with Crippen molar-refractivity contribution in [2.24, 2.45) is 5.92 Å². The van der Waals surface area contributed by atoms with E-state index in [2.05, 4.69) is 26.8 Å². The lowest BCUT2D eigenvalue weighted by Gasteiger charge is -2.39. The standard InChI is InChI=1S/C14H19F/c1-10(2)14(3)9-5-6-11-12(14)7-4-8-13(11)15/h4,7-8,10H,5-6,9H2,1-3H3. The number of benzene rings is 1. The maximum Gasteiger partial charge on any atom is 0.126 e. The molecule has 0 fully saturated rings. The molecule has 1 heteroatoms. The molecule has 0 amide bonds. The van der Waals surface area contributed by atoms with Crippen molar-refractivity contribution in [2.45, 2.75) is 45.4 Å². The summed E-state index contributed by atoms with van der Waals surface area (Å²) >= 11 is 0. The summed E-state index contributed by atoms with van der Waals surface area (Å²) in [6, 6.07) is 5.54. The highest BCUT2D eigenvalue weighted by Gasteiger charge is 2.35. The Hall–Kier alpha value is -0.850. The number of hydrogen-bond donors (Lipinski definition) is 0. The second kappa shape index (κ2) is 3.62. The van der Waals surface area contributed by atoms with Gasteiger partial charge in [-0.15, -0.1) is 0 Å². The molecule has 0 spiro atoms. The third-order valence-electron chi connectivity index (χ3n) is 4.13. The lowest BCUT2D eigenvalue weighted by molar-refractivity contribution is 0.287. The van der Waals surface area contributed by atoms with Gasteiger partial charge in [-0.3, -0.25) is 0 Å². The molecule has 0 aromatic heterocycles.